The Labute approximate surface area is 196 Å². The fraction of sp³-hybridized carbons (Fsp3) is 0.233. The Bertz CT molecular complexity index is 1350. The van der Waals surface area contributed by atoms with Gasteiger partial charge in [0.1, 0.15) is 0 Å². The molecule has 1 heterocycles. The average Bonchev–Trinajstić information content (AvgIpc) is 3.12. The summed E-state index contributed by atoms with van der Waals surface area (Å²) in [6.45, 7) is 9.49. The molecule has 0 amide bonds. The molecule has 1 aliphatic carbocycles. The summed E-state index contributed by atoms with van der Waals surface area (Å²) >= 11 is 0. The Kier molecular flexibility index (Phi) is 5.63. The van der Waals surface area contributed by atoms with Crippen molar-refractivity contribution in [2.75, 3.05) is 0 Å². The van der Waals surface area contributed by atoms with Crippen molar-refractivity contribution in [3.05, 3.63) is 107 Å². The van der Waals surface area contributed by atoms with E-state index in [0.29, 0.717) is 18.4 Å². The second-order valence-corrected chi connectivity index (χ2v) is 9.25. The van der Waals surface area contributed by atoms with Crippen molar-refractivity contribution >= 4 is 27.9 Å². The van der Waals surface area contributed by atoms with Crippen LogP contribution in [0.4, 0.5) is 5.69 Å². The molecule has 1 aliphatic rings. The molecule has 164 valence electrons. The highest BCUT2D eigenvalue weighted by atomic mass is 14.9. The van der Waals surface area contributed by atoms with Gasteiger partial charge < -0.3 is 0 Å². The molecule has 0 N–H and O–H groups in total. The SMILES string of the molecule is CC(C)c1cccc(C(C)C)c1/N=C1/C(=N/Cc2ccccn2)c2cccc3cccc1c23. The van der Waals surface area contributed by atoms with Gasteiger partial charge in [-0.1, -0.05) is 88.4 Å². The first-order chi connectivity index (χ1) is 16.0. The first-order valence-electron chi connectivity index (χ1n) is 11.7. The summed E-state index contributed by atoms with van der Waals surface area (Å²) in [4.78, 5) is 15.0. The lowest BCUT2D eigenvalue weighted by Crippen LogP contribution is -2.12. The van der Waals surface area contributed by atoms with Crippen molar-refractivity contribution in [1.29, 1.82) is 0 Å². The van der Waals surface area contributed by atoms with Crippen LogP contribution in [0.3, 0.4) is 0 Å². The monoisotopic (exact) mass is 431 g/mol. The molecule has 3 heteroatoms. The summed E-state index contributed by atoms with van der Waals surface area (Å²) in [5.41, 5.74) is 8.85. The molecule has 3 nitrogen and oxygen atoms in total. The van der Waals surface area contributed by atoms with Crippen molar-refractivity contribution in [3.63, 3.8) is 0 Å². The van der Waals surface area contributed by atoms with Gasteiger partial charge in [0.25, 0.3) is 0 Å². The van der Waals surface area contributed by atoms with E-state index in [9.17, 15) is 0 Å². The van der Waals surface area contributed by atoms with E-state index in [4.69, 9.17) is 9.98 Å². The number of hydrogen-bond donors (Lipinski definition) is 0. The lowest BCUT2D eigenvalue weighted by molar-refractivity contribution is 0.835. The fourth-order valence-electron chi connectivity index (χ4n) is 4.67. The van der Waals surface area contributed by atoms with Crippen LogP contribution >= 0.6 is 0 Å². The molecular weight excluding hydrogens is 402 g/mol. The maximum atomic E-state index is 5.40. The van der Waals surface area contributed by atoms with Crippen LogP contribution in [0.5, 0.6) is 0 Å². The molecule has 0 spiro atoms. The van der Waals surface area contributed by atoms with Gasteiger partial charge in [0.05, 0.1) is 29.3 Å². The summed E-state index contributed by atoms with van der Waals surface area (Å²) in [6.07, 6.45) is 1.82. The van der Waals surface area contributed by atoms with E-state index in [-0.39, 0.29) is 0 Å². The first kappa shape index (κ1) is 21.3. The standard InChI is InChI=1S/C30H29N3/c1-19(2)23-13-9-14-24(20(3)4)28(23)33-30-26-16-8-11-21-10-7-15-25(27(21)26)29(30)32-18-22-12-5-6-17-31-22/h5-17,19-20H,18H2,1-4H3/b32-29+,33-30+. The predicted molar refractivity (Wildman–Crippen MR) is 139 cm³/mol. The molecule has 1 aromatic heterocycles. The van der Waals surface area contributed by atoms with Crippen LogP contribution in [0.1, 0.15) is 67.5 Å². The fourth-order valence-corrected chi connectivity index (χ4v) is 4.67. The minimum Gasteiger partial charge on any atom is -0.276 e. The molecule has 4 aromatic rings. The zero-order chi connectivity index (χ0) is 22.9. The number of para-hydroxylation sites is 1. The number of rotatable bonds is 5. The number of aromatic nitrogens is 1. The molecule has 0 atom stereocenters. The van der Waals surface area contributed by atoms with Crippen LogP contribution in [-0.2, 0) is 6.54 Å². The molecular formula is C30H29N3. The van der Waals surface area contributed by atoms with Gasteiger partial charge in [0, 0.05) is 22.7 Å². The van der Waals surface area contributed by atoms with Gasteiger partial charge in [-0.25, -0.2) is 4.99 Å². The maximum absolute atomic E-state index is 5.40. The van der Waals surface area contributed by atoms with Gasteiger partial charge >= 0.3 is 0 Å². The minimum atomic E-state index is 0.386. The second-order valence-electron chi connectivity index (χ2n) is 9.25. The minimum absolute atomic E-state index is 0.386. The largest absolute Gasteiger partial charge is 0.276 e. The van der Waals surface area contributed by atoms with Crippen molar-refractivity contribution in [2.24, 2.45) is 9.98 Å². The quantitative estimate of drug-likeness (QED) is 0.320. The molecule has 0 bridgehead atoms. The number of aliphatic imine (C=N–C) groups is 2. The predicted octanol–water partition coefficient (Wildman–Crippen LogP) is 7.61. The number of pyridine rings is 1. The van der Waals surface area contributed by atoms with E-state index >= 15 is 0 Å². The van der Waals surface area contributed by atoms with Gasteiger partial charge in [0.15, 0.2) is 0 Å². The van der Waals surface area contributed by atoms with Gasteiger partial charge in [-0.15, -0.1) is 0 Å². The van der Waals surface area contributed by atoms with Crippen LogP contribution in [0.25, 0.3) is 10.8 Å². The molecule has 0 saturated heterocycles. The van der Waals surface area contributed by atoms with E-state index in [1.807, 2.05) is 24.4 Å². The zero-order valence-corrected chi connectivity index (χ0v) is 19.7. The van der Waals surface area contributed by atoms with Crippen molar-refractivity contribution in [2.45, 2.75) is 46.1 Å². The van der Waals surface area contributed by atoms with E-state index in [2.05, 4.69) is 87.3 Å². The lowest BCUT2D eigenvalue weighted by Gasteiger charge is -2.17. The molecule has 0 unspecified atom stereocenters. The second kappa shape index (κ2) is 8.74. The van der Waals surface area contributed by atoms with Gasteiger partial charge in [-0.3, -0.25) is 9.98 Å². The van der Waals surface area contributed by atoms with Gasteiger partial charge in [-0.05, 0) is 40.5 Å². The topological polar surface area (TPSA) is 37.6 Å². The summed E-state index contributed by atoms with van der Waals surface area (Å²) in [6, 6.07) is 25.5. The molecule has 3 aromatic carbocycles. The Hall–Kier alpha value is -3.59. The normalized spacial score (nSPS) is 15.5. The van der Waals surface area contributed by atoms with Crippen LogP contribution in [-0.4, -0.2) is 16.4 Å². The van der Waals surface area contributed by atoms with Crippen LogP contribution in [0.2, 0.25) is 0 Å². The Morgan fingerprint density at radius 1 is 0.697 bits per heavy atom. The van der Waals surface area contributed by atoms with E-state index < -0.39 is 0 Å². The number of nitrogens with zero attached hydrogens (tertiary/aromatic N) is 3. The van der Waals surface area contributed by atoms with E-state index in [0.717, 1.165) is 33.9 Å². The van der Waals surface area contributed by atoms with Crippen molar-refractivity contribution in [3.8, 4) is 0 Å². The lowest BCUT2D eigenvalue weighted by atomic mass is 9.92. The molecule has 0 saturated carbocycles. The smallest absolute Gasteiger partial charge is 0.0974 e. The summed E-state index contributed by atoms with van der Waals surface area (Å²) < 4.78 is 0. The Balaban J connectivity index is 1.75. The Morgan fingerprint density at radius 3 is 1.94 bits per heavy atom. The third kappa shape index (κ3) is 3.89. The van der Waals surface area contributed by atoms with E-state index in [1.165, 1.54) is 21.9 Å². The first-order valence-corrected chi connectivity index (χ1v) is 11.7. The Morgan fingerprint density at radius 2 is 1.33 bits per heavy atom. The number of benzene rings is 3. The highest BCUT2D eigenvalue weighted by Gasteiger charge is 2.28. The van der Waals surface area contributed by atoms with Crippen LogP contribution in [0.15, 0.2) is 89.0 Å². The highest BCUT2D eigenvalue weighted by molar-refractivity contribution is 6.61. The maximum Gasteiger partial charge on any atom is 0.0974 e. The molecule has 33 heavy (non-hydrogen) atoms. The molecule has 0 radical (unpaired) electrons. The molecule has 0 fully saturated rings. The van der Waals surface area contributed by atoms with Crippen LogP contribution in [0, 0.1) is 0 Å². The van der Waals surface area contributed by atoms with Gasteiger partial charge in [0.2, 0.25) is 0 Å². The summed E-state index contributed by atoms with van der Waals surface area (Å²) in [5, 5.41) is 2.47. The average molecular weight is 432 g/mol. The zero-order valence-electron chi connectivity index (χ0n) is 19.7. The van der Waals surface area contributed by atoms with Crippen molar-refractivity contribution < 1.29 is 0 Å². The van der Waals surface area contributed by atoms with E-state index in [1.54, 1.807) is 0 Å². The third-order valence-corrected chi connectivity index (χ3v) is 6.33. The van der Waals surface area contributed by atoms with Crippen LogP contribution < -0.4 is 0 Å². The highest BCUT2D eigenvalue weighted by Crippen LogP contribution is 2.38. The van der Waals surface area contributed by atoms with Crippen molar-refractivity contribution in [1.82, 2.24) is 4.98 Å². The summed E-state index contributed by atoms with van der Waals surface area (Å²) in [5.74, 6) is 0.771. The molecule has 0 aliphatic heterocycles. The molecule has 5 rings (SSSR count). The number of hydrogen-bond acceptors (Lipinski definition) is 3. The summed E-state index contributed by atoms with van der Waals surface area (Å²) in [7, 11) is 0. The third-order valence-electron chi connectivity index (χ3n) is 6.33. The van der Waals surface area contributed by atoms with Gasteiger partial charge in [-0.2, -0.15) is 0 Å².